The van der Waals surface area contributed by atoms with E-state index in [-0.39, 0.29) is 18.1 Å². The third-order valence-electron chi connectivity index (χ3n) is 0.990. The van der Waals surface area contributed by atoms with Crippen LogP contribution in [0.3, 0.4) is 0 Å². The molecule has 0 aliphatic rings. The Balaban J connectivity index is 2.76. The Morgan fingerprint density at radius 3 is 3.18 bits per heavy atom. The molecular formula is C5H7N3O3. The molecule has 0 saturated heterocycles. The van der Waals surface area contributed by atoms with Gasteiger partial charge in [0.2, 0.25) is 6.20 Å². The smallest absolute Gasteiger partial charge is 0.410 e. The van der Waals surface area contributed by atoms with Gasteiger partial charge in [0.05, 0.1) is 0 Å². The van der Waals surface area contributed by atoms with Gasteiger partial charge in [0.25, 0.3) is 5.55 Å². The second kappa shape index (κ2) is 3.11. The highest BCUT2D eigenvalue weighted by molar-refractivity contribution is 5.67. The monoisotopic (exact) mass is 157 g/mol. The Hall–Kier alpha value is -1.43. The van der Waals surface area contributed by atoms with Gasteiger partial charge in [-0.25, -0.2) is 10.1 Å². The normalized spacial score (nSPS) is 9.91. The Kier molecular flexibility index (Phi) is 2.17. The molecule has 0 bridgehead atoms. The molecule has 0 saturated carbocycles. The Labute approximate surface area is 61.9 Å². The molecule has 0 spiro atoms. The Morgan fingerprint density at radius 2 is 2.73 bits per heavy atom. The molecule has 1 aromatic heterocycles. The first-order valence-electron chi connectivity index (χ1n) is 2.86. The maximum absolute atomic E-state index is 10.9. The summed E-state index contributed by atoms with van der Waals surface area (Å²) in [5.74, 6) is -0.366. The highest BCUT2D eigenvalue weighted by Gasteiger charge is 2.09. The predicted molar refractivity (Wildman–Crippen MR) is 30.6 cm³/mol. The molecule has 6 nitrogen and oxygen atoms in total. The van der Waals surface area contributed by atoms with Crippen molar-refractivity contribution < 1.29 is 18.7 Å². The van der Waals surface area contributed by atoms with Crippen LogP contribution >= 0.6 is 0 Å². The van der Waals surface area contributed by atoms with Crippen LogP contribution in [0.25, 0.3) is 0 Å². The molecule has 0 aliphatic heterocycles. The maximum atomic E-state index is 10.9. The molecule has 0 atom stereocenters. The van der Waals surface area contributed by atoms with Crippen molar-refractivity contribution in [3.63, 3.8) is 0 Å². The average Bonchev–Trinajstić information content (AvgIpc) is 2.36. The summed E-state index contributed by atoms with van der Waals surface area (Å²) in [6.07, 6.45) is 1.17. The van der Waals surface area contributed by atoms with E-state index in [1.54, 1.807) is 0 Å². The van der Waals surface area contributed by atoms with Crippen LogP contribution in [0.4, 0.5) is 0 Å². The van der Waals surface area contributed by atoms with Crippen LogP contribution in [0, 0.1) is 5.41 Å². The Morgan fingerprint density at radius 1 is 2.00 bits per heavy atom. The van der Waals surface area contributed by atoms with Crippen LogP contribution in [0.2, 0.25) is 0 Å². The number of nitrogens with one attached hydrogen (secondary N) is 1. The first-order chi connectivity index (χ1) is 5.24. The van der Waals surface area contributed by atoms with Crippen molar-refractivity contribution in [2.75, 3.05) is 13.7 Å². The lowest BCUT2D eigenvalue weighted by molar-refractivity contribution is -0.655. The topological polar surface area (TPSA) is 81.3 Å². The minimum Gasteiger partial charge on any atom is -0.486 e. The summed E-state index contributed by atoms with van der Waals surface area (Å²) in [7, 11) is 1.40. The fourth-order valence-electron chi connectivity index (χ4n) is 0.553. The zero-order valence-corrected chi connectivity index (χ0v) is 5.90. The molecule has 1 N–H and O–H groups in total. The van der Waals surface area contributed by atoms with E-state index in [1.807, 2.05) is 0 Å². The number of methoxy groups -OCH3 is 1. The minimum absolute atomic E-state index is 0.0728. The molecule has 0 radical (unpaired) electrons. The molecule has 0 fully saturated rings. The van der Waals surface area contributed by atoms with Gasteiger partial charge in [0.1, 0.15) is 0 Å². The number of nitrogens with zero attached hydrogens (tertiary/aromatic N) is 2. The quantitative estimate of drug-likeness (QED) is 0.518. The van der Waals surface area contributed by atoms with Crippen molar-refractivity contribution >= 4 is 5.91 Å². The lowest BCUT2D eigenvalue weighted by atomic mass is 10.6. The number of carbonyl (C=O) groups excluding carboxylic acids is 1. The number of ether oxygens (including phenoxy) is 1. The first kappa shape index (κ1) is 7.67. The van der Waals surface area contributed by atoms with Gasteiger partial charge in [-0.15, -0.1) is 0 Å². The van der Waals surface area contributed by atoms with E-state index in [0.717, 1.165) is 4.68 Å². The predicted octanol–water partition coefficient (Wildman–Crippen LogP) is -1.71. The summed E-state index contributed by atoms with van der Waals surface area (Å²) >= 11 is 0. The second-order valence-electron chi connectivity index (χ2n) is 1.84. The van der Waals surface area contributed by atoms with E-state index in [4.69, 9.17) is 5.41 Å². The van der Waals surface area contributed by atoms with Gasteiger partial charge in [0.15, 0.2) is 6.61 Å². The molecule has 1 heterocycles. The van der Waals surface area contributed by atoms with Crippen molar-refractivity contribution in [3.8, 4) is 0 Å². The molecule has 0 unspecified atom stereocenters. The van der Waals surface area contributed by atoms with Crippen molar-refractivity contribution in [1.29, 1.82) is 5.41 Å². The summed E-state index contributed by atoms with van der Waals surface area (Å²) in [6.45, 7) is -0.0728. The Bertz CT molecular complexity index is 300. The molecule has 1 rings (SSSR count). The maximum Gasteiger partial charge on any atom is 0.410 e. The van der Waals surface area contributed by atoms with E-state index in [1.165, 1.54) is 13.3 Å². The minimum atomic E-state index is -0.366. The van der Waals surface area contributed by atoms with E-state index in [9.17, 15) is 4.79 Å². The summed E-state index contributed by atoms with van der Waals surface area (Å²) in [6, 6.07) is 0. The fourth-order valence-corrected chi connectivity index (χ4v) is 0.553. The highest BCUT2D eigenvalue weighted by atomic mass is 16.5. The van der Waals surface area contributed by atoms with Crippen molar-refractivity contribution in [3.05, 3.63) is 11.8 Å². The average molecular weight is 157 g/mol. The number of rotatable bonds is 2. The largest absolute Gasteiger partial charge is 0.486 e. The third kappa shape index (κ3) is 1.74. The SMILES string of the molecule is COCC(=O)[n+]1cc(=N)o[n-]1. The van der Waals surface area contributed by atoms with Crippen molar-refractivity contribution in [1.82, 2.24) is 5.27 Å². The number of hydrogen-bond acceptors (Lipinski definition) is 4. The van der Waals surface area contributed by atoms with E-state index >= 15 is 0 Å². The summed E-state index contributed by atoms with van der Waals surface area (Å²) in [5.41, 5.74) is -0.158. The number of hydrogen-bond donors (Lipinski definition) is 1. The summed E-state index contributed by atoms with van der Waals surface area (Å²) in [5, 5.41) is 10.2. The molecular weight excluding hydrogens is 150 g/mol. The fraction of sp³-hybridized carbons (Fsp3) is 0.400. The molecule has 0 aromatic carbocycles. The molecule has 1 aromatic rings. The molecule has 11 heavy (non-hydrogen) atoms. The second-order valence-corrected chi connectivity index (χ2v) is 1.84. The lowest BCUT2D eigenvalue weighted by Crippen LogP contribution is -2.47. The van der Waals surface area contributed by atoms with Crippen LogP contribution in [-0.2, 0) is 4.74 Å². The molecule has 60 valence electrons. The van der Waals surface area contributed by atoms with E-state index in [2.05, 4.69) is 14.5 Å². The van der Waals surface area contributed by atoms with Gasteiger partial charge in [-0.2, -0.15) is 4.68 Å². The van der Waals surface area contributed by atoms with E-state index < -0.39 is 0 Å². The zero-order chi connectivity index (χ0) is 8.27. The van der Waals surface area contributed by atoms with E-state index in [0.29, 0.717) is 0 Å². The third-order valence-corrected chi connectivity index (χ3v) is 0.990. The first-order valence-corrected chi connectivity index (χ1v) is 2.86. The van der Waals surface area contributed by atoms with Crippen molar-refractivity contribution in [2.24, 2.45) is 0 Å². The number of aromatic nitrogens is 2. The van der Waals surface area contributed by atoms with Crippen LogP contribution < -0.4 is 15.5 Å². The molecule has 0 amide bonds. The van der Waals surface area contributed by atoms with Gasteiger partial charge in [-0.05, 0) is 0 Å². The lowest BCUT2D eigenvalue weighted by Gasteiger charge is -1.91. The highest BCUT2D eigenvalue weighted by Crippen LogP contribution is 1.67. The van der Waals surface area contributed by atoms with Gasteiger partial charge in [-0.1, -0.05) is 0 Å². The van der Waals surface area contributed by atoms with Gasteiger partial charge in [0, 0.05) is 7.11 Å². The van der Waals surface area contributed by atoms with Gasteiger partial charge >= 0.3 is 5.91 Å². The van der Waals surface area contributed by atoms with Gasteiger partial charge < -0.3 is 9.26 Å². The zero-order valence-electron chi connectivity index (χ0n) is 5.90. The van der Waals surface area contributed by atoms with Crippen molar-refractivity contribution in [2.45, 2.75) is 0 Å². The summed E-state index contributed by atoms with van der Waals surface area (Å²) < 4.78 is 9.81. The molecule has 0 aliphatic carbocycles. The van der Waals surface area contributed by atoms with Gasteiger partial charge in [-0.3, -0.25) is 5.41 Å². The summed E-state index contributed by atoms with van der Waals surface area (Å²) in [4.78, 5) is 10.9. The van der Waals surface area contributed by atoms with Crippen LogP contribution in [0.15, 0.2) is 10.7 Å². The van der Waals surface area contributed by atoms with Crippen LogP contribution in [-0.4, -0.2) is 19.6 Å². The number of carbonyl (C=O) groups is 1. The van der Waals surface area contributed by atoms with Crippen LogP contribution in [0.5, 0.6) is 0 Å². The molecule has 6 heteroatoms. The van der Waals surface area contributed by atoms with Crippen LogP contribution in [0.1, 0.15) is 4.79 Å². The standard InChI is InChI=1S/C5H7N3O3/c1-10-3-5(9)8-2-4(6)11-7-8/h2,6H,3H2,1H3.